The first kappa shape index (κ1) is 54.3. The number of aryl methyl sites for hydroxylation is 1. The molecule has 4 aliphatic heterocycles. The minimum absolute atomic E-state index is 0.0535. The number of anilines is 1. The highest BCUT2D eigenvalue weighted by atomic mass is 32.2. The molecule has 3 aromatic carbocycles. The number of esters is 1. The number of piperidine rings is 1. The number of hydrogen-bond donors (Lipinski definition) is 5. The number of benzene rings is 3. The molecule has 4 heterocycles. The number of carbonyl (C=O) groups is 7. The Morgan fingerprint density at radius 1 is 0.973 bits per heavy atom. The second-order valence-corrected chi connectivity index (χ2v) is 21.0. The summed E-state index contributed by atoms with van der Waals surface area (Å²) in [5.74, 6) is -3.45. The molecule has 0 radical (unpaired) electrons. The number of hydrogen-bond acceptors (Lipinski definition) is 14. The number of nitrogens with one attached hydrogen (secondary N) is 3. The van der Waals surface area contributed by atoms with Crippen LogP contribution in [0.2, 0.25) is 0 Å². The van der Waals surface area contributed by atoms with Crippen LogP contribution in [0.5, 0.6) is 17.2 Å². The summed E-state index contributed by atoms with van der Waals surface area (Å²) in [6, 6.07) is 17.3. The number of aliphatic carboxylic acids is 1. The van der Waals surface area contributed by atoms with Gasteiger partial charge in [0.15, 0.2) is 11.5 Å². The van der Waals surface area contributed by atoms with E-state index in [1.165, 1.54) is 28.5 Å². The predicted octanol–water partition coefficient (Wildman–Crippen LogP) is 5.67. The molecule has 5 N–H and O–H groups in total. The van der Waals surface area contributed by atoms with E-state index < -0.39 is 77.1 Å². The second-order valence-electron chi connectivity index (χ2n) is 19.7. The fraction of sp³-hybridized carbons (Fsp3) is 0.500. The van der Waals surface area contributed by atoms with Gasteiger partial charge in [-0.25, -0.2) is 9.59 Å². The molecule has 73 heavy (non-hydrogen) atoms. The van der Waals surface area contributed by atoms with Crippen LogP contribution >= 0.6 is 11.8 Å². The number of methoxy groups -OCH3 is 2. The summed E-state index contributed by atoms with van der Waals surface area (Å²) < 4.78 is 23.3. The number of β-lactam (4-membered cyclic amide) rings is 1. The van der Waals surface area contributed by atoms with E-state index in [-0.39, 0.29) is 42.5 Å². The van der Waals surface area contributed by atoms with Crippen LogP contribution in [0, 0.1) is 17.3 Å². The highest BCUT2D eigenvalue weighted by molar-refractivity contribution is 8.03. The molecule has 3 fully saturated rings. The molecular formula is C54H67N5O13S. The number of nitrogens with zero attached hydrogens (tertiary/aromatic N) is 2. The SMILES string of the molecule is CCC(C)(C)C(=O)C(=O)N1CCCCC1C(=O)O[C@H](CCc1ccc(OC)c(OC)c1)c1cccc(OCCNC(=O)c2cccc(NC(=O)[C@@H]3C[C@H](SC4=C(C(=O)O)N5C(=O)[C@H]([C@@H](C)O)[C@H]5[C@H]4C)CN3)c2)c1. The van der Waals surface area contributed by atoms with E-state index in [1.807, 2.05) is 38.1 Å². The van der Waals surface area contributed by atoms with Gasteiger partial charge in [0.1, 0.15) is 30.2 Å². The molecule has 0 aliphatic carbocycles. The van der Waals surface area contributed by atoms with E-state index in [9.17, 15) is 43.8 Å². The predicted molar refractivity (Wildman–Crippen MR) is 272 cm³/mol. The Bertz CT molecular complexity index is 2620. The summed E-state index contributed by atoms with van der Waals surface area (Å²) in [7, 11) is 3.11. The van der Waals surface area contributed by atoms with Crippen LogP contribution in [0.1, 0.15) is 101 Å². The molecule has 0 spiro atoms. The van der Waals surface area contributed by atoms with Gasteiger partial charge in [-0.15, -0.1) is 11.8 Å². The average Bonchev–Trinajstić information content (AvgIpc) is 3.96. The van der Waals surface area contributed by atoms with Gasteiger partial charge in [0.2, 0.25) is 17.6 Å². The first-order valence-electron chi connectivity index (χ1n) is 24.9. The zero-order valence-electron chi connectivity index (χ0n) is 42.4. The lowest BCUT2D eigenvalue weighted by Crippen LogP contribution is -2.63. The maximum absolute atomic E-state index is 14.1. The molecule has 0 aromatic heterocycles. The van der Waals surface area contributed by atoms with Crippen LogP contribution in [-0.2, 0) is 39.9 Å². The summed E-state index contributed by atoms with van der Waals surface area (Å²) in [5, 5.41) is 29.0. The lowest BCUT2D eigenvalue weighted by molar-refractivity contribution is -0.164. The lowest BCUT2D eigenvalue weighted by atomic mass is 9.79. The molecule has 0 saturated carbocycles. The highest BCUT2D eigenvalue weighted by Crippen LogP contribution is 2.52. The van der Waals surface area contributed by atoms with E-state index in [2.05, 4.69) is 16.0 Å². The Labute approximate surface area is 429 Å². The topological polar surface area (TPSA) is 239 Å². The van der Waals surface area contributed by atoms with Crippen molar-refractivity contribution in [3.63, 3.8) is 0 Å². The Balaban J connectivity index is 0.942. The number of ether oxygens (including phenoxy) is 4. The van der Waals surface area contributed by atoms with Crippen LogP contribution in [-0.4, -0.2) is 131 Å². The quantitative estimate of drug-likeness (QED) is 0.0353. The van der Waals surface area contributed by atoms with Crippen molar-refractivity contribution in [2.24, 2.45) is 17.3 Å². The molecule has 8 atom stereocenters. The van der Waals surface area contributed by atoms with Gasteiger partial charge in [-0.3, -0.25) is 24.0 Å². The zero-order chi connectivity index (χ0) is 52.7. The van der Waals surface area contributed by atoms with E-state index in [1.54, 1.807) is 70.5 Å². The van der Waals surface area contributed by atoms with Crippen molar-refractivity contribution in [1.82, 2.24) is 20.4 Å². The number of rotatable bonds is 22. The van der Waals surface area contributed by atoms with E-state index in [0.29, 0.717) is 90.5 Å². The Morgan fingerprint density at radius 2 is 1.73 bits per heavy atom. The number of aliphatic hydroxyl groups excluding tert-OH is 1. The van der Waals surface area contributed by atoms with Crippen LogP contribution in [0.4, 0.5) is 5.69 Å². The number of ketones is 1. The van der Waals surface area contributed by atoms with Gasteiger partial charge in [0.25, 0.3) is 11.8 Å². The molecule has 392 valence electrons. The van der Waals surface area contributed by atoms with Crippen molar-refractivity contribution in [2.75, 3.05) is 45.8 Å². The monoisotopic (exact) mass is 1030 g/mol. The van der Waals surface area contributed by atoms with Crippen molar-refractivity contribution in [2.45, 2.75) is 115 Å². The van der Waals surface area contributed by atoms with Gasteiger partial charge in [-0.1, -0.05) is 52.0 Å². The van der Waals surface area contributed by atoms with E-state index in [4.69, 9.17) is 18.9 Å². The fourth-order valence-corrected chi connectivity index (χ4v) is 11.4. The van der Waals surface area contributed by atoms with Crippen molar-refractivity contribution >= 4 is 58.8 Å². The number of fused-ring (bicyclic) bond motifs is 1. The summed E-state index contributed by atoms with van der Waals surface area (Å²) in [4.78, 5) is 96.0. The molecule has 4 amide bonds. The third-order valence-electron chi connectivity index (χ3n) is 14.4. The summed E-state index contributed by atoms with van der Waals surface area (Å²) in [5.41, 5.74) is 1.35. The first-order chi connectivity index (χ1) is 34.9. The van der Waals surface area contributed by atoms with Crippen molar-refractivity contribution in [1.29, 1.82) is 0 Å². The minimum Gasteiger partial charge on any atom is -0.493 e. The Kier molecular flexibility index (Phi) is 17.6. The number of aliphatic hydroxyl groups is 1. The number of likely N-dealkylation sites (tertiary alicyclic amines) is 1. The standard InChI is InChI=1S/C54H67N5O13S/c1-8-54(4,5)47(61)51(65)58-23-10-9-17-39(58)53(68)72-40(20-18-32-19-21-41(69-6)42(25-32)70-7)33-13-12-16-36(27-33)71-24-22-55-48(62)34-14-11-15-35(26-34)57-49(63)38-28-37(29-56-38)73-46-30(2)44-43(31(3)60)50(64)59(44)45(46)52(66)67/h11-16,19,21,25-27,30-31,37-40,43-44,56,60H,8-10,17-18,20,22-24,28-29H2,1-7H3,(H,55,62)(H,57,63)(H,66,67)/t30-,31-,37+,38+,39?,40-,43-,44-/m1/s1. The summed E-state index contributed by atoms with van der Waals surface area (Å²) in [6.45, 7) is 9.64. The van der Waals surface area contributed by atoms with Crippen molar-refractivity contribution in [3.05, 3.63) is 94.0 Å². The Morgan fingerprint density at radius 3 is 2.44 bits per heavy atom. The number of carboxylic acid groups (broad SMARTS) is 1. The molecule has 7 rings (SSSR count). The number of thioether (sulfide) groups is 1. The zero-order valence-corrected chi connectivity index (χ0v) is 43.3. The first-order valence-corrected chi connectivity index (χ1v) is 25.8. The third kappa shape index (κ3) is 12.2. The molecule has 1 unspecified atom stereocenters. The number of carbonyl (C=O) groups excluding carboxylic acids is 6. The number of amides is 4. The molecule has 0 bridgehead atoms. The van der Waals surface area contributed by atoms with E-state index in [0.717, 1.165) is 5.56 Å². The molecular weight excluding hydrogens is 959 g/mol. The van der Waals surface area contributed by atoms with Crippen molar-refractivity contribution < 1.29 is 62.7 Å². The van der Waals surface area contributed by atoms with Gasteiger partial charge in [0.05, 0.1) is 44.9 Å². The highest BCUT2D eigenvalue weighted by Gasteiger charge is 2.60. The smallest absolute Gasteiger partial charge is 0.353 e. The van der Waals surface area contributed by atoms with Gasteiger partial charge in [-0.05, 0) is 105 Å². The largest absolute Gasteiger partial charge is 0.493 e. The van der Waals surface area contributed by atoms with Crippen LogP contribution in [0.15, 0.2) is 77.3 Å². The van der Waals surface area contributed by atoms with Crippen molar-refractivity contribution in [3.8, 4) is 17.2 Å². The van der Waals surface area contributed by atoms with Gasteiger partial charge < -0.3 is 54.9 Å². The summed E-state index contributed by atoms with van der Waals surface area (Å²) >= 11 is 1.35. The van der Waals surface area contributed by atoms with Crippen LogP contribution in [0.3, 0.4) is 0 Å². The number of carboxylic acids is 1. The maximum atomic E-state index is 14.1. The maximum Gasteiger partial charge on any atom is 0.353 e. The average molecular weight is 1030 g/mol. The van der Waals surface area contributed by atoms with Gasteiger partial charge >= 0.3 is 11.9 Å². The van der Waals surface area contributed by atoms with Gasteiger partial charge in [0, 0.05) is 45.8 Å². The number of Topliss-reactive ketones (excluding diaryl/α,β-unsaturated/α-hetero) is 1. The van der Waals surface area contributed by atoms with Crippen LogP contribution in [0.25, 0.3) is 0 Å². The molecule has 18 nitrogen and oxygen atoms in total. The third-order valence-corrected chi connectivity index (χ3v) is 15.9. The molecule has 19 heteroatoms. The lowest BCUT2D eigenvalue weighted by Gasteiger charge is -2.46. The van der Waals surface area contributed by atoms with E-state index >= 15 is 0 Å². The molecule has 3 saturated heterocycles. The normalized spacial score (nSPS) is 22.4. The molecule has 3 aromatic rings. The second kappa shape index (κ2) is 23.6. The fourth-order valence-electron chi connectivity index (χ4n) is 9.91. The van der Waals surface area contributed by atoms with Crippen LogP contribution < -0.4 is 30.2 Å². The molecule has 4 aliphatic rings. The van der Waals surface area contributed by atoms with Gasteiger partial charge in [-0.2, -0.15) is 0 Å². The summed E-state index contributed by atoms with van der Waals surface area (Å²) in [6.07, 6.45) is 1.79. The minimum atomic E-state index is -1.20. The Hall–Kier alpha value is -6.44.